The van der Waals surface area contributed by atoms with Crippen LogP contribution in [0.25, 0.3) is 5.57 Å². The number of nitrogens with zero attached hydrogens (tertiary/aromatic N) is 4. The van der Waals surface area contributed by atoms with Gasteiger partial charge in [-0.05, 0) is 36.5 Å². The van der Waals surface area contributed by atoms with Crippen LogP contribution in [0.15, 0.2) is 29.2 Å². The third-order valence-electron chi connectivity index (χ3n) is 6.27. The SMILES string of the molecule is CNC(=O)c1ccc(N2CCN(C3C=C(c4ncc(C(C)C)c(=O)[nH]4)CC3)CC2)c(F)n1. The van der Waals surface area contributed by atoms with E-state index in [0.29, 0.717) is 30.2 Å². The third kappa shape index (κ3) is 4.43. The van der Waals surface area contributed by atoms with Gasteiger partial charge in [-0.25, -0.2) is 9.97 Å². The van der Waals surface area contributed by atoms with E-state index in [0.717, 1.165) is 31.5 Å². The first-order valence-corrected chi connectivity index (χ1v) is 11.0. The highest BCUT2D eigenvalue weighted by atomic mass is 19.1. The molecule has 0 aromatic carbocycles. The molecule has 32 heavy (non-hydrogen) atoms. The molecule has 0 radical (unpaired) electrons. The van der Waals surface area contributed by atoms with Crippen molar-refractivity contribution in [2.24, 2.45) is 0 Å². The number of pyridine rings is 1. The van der Waals surface area contributed by atoms with Crippen molar-refractivity contribution in [3.63, 3.8) is 0 Å². The van der Waals surface area contributed by atoms with Crippen LogP contribution in [0.1, 0.15) is 54.5 Å². The normalized spacial score (nSPS) is 19.3. The van der Waals surface area contributed by atoms with E-state index in [2.05, 4.69) is 31.2 Å². The highest BCUT2D eigenvalue weighted by molar-refractivity contribution is 5.92. The van der Waals surface area contributed by atoms with Gasteiger partial charge >= 0.3 is 0 Å². The van der Waals surface area contributed by atoms with E-state index in [4.69, 9.17) is 0 Å². The summed E-state index contributed by atoms with van der Waals surface area (Å²) < 4.78 is 14.5. The average Bonchev–Trinajstić information content (AvgIpc) is 3.28. The number of hydrogen-bond donors (Lipinski definition) is 2. The van der Waals surface area contributed by atoms with Gasteiger partial charge in [0.05, 0.1) is 5.69 Å². The molecule has 0 bridgehead atoms. The van der Waals surface area contributed by atoms with Gasteiger partial charge in [-0.15, -0.1) is 0 Å². The molecule has 170 valence electrons. The number of aromatic nitrogens is 3. The fourth-order valence-corrected chi connectivity index (χ4v) is 4.38. The first-order valence-electron chi connectivity index (χ1n) is 11.0. The minimum atomic E-state index is -0.623. The molecular weight excluding hydrogens is 411 g/mol. The minimum Gasteiger partial charge on any atom is -0.365 e. The summed E-state index contributed by atoms with van der Waals surface area (Å²) in [5.41, 5.74) is 2.20. The van der Waals surface area contributed by atoms with Gasteiger partial charge in [-0.1, -0.05) is 19.9 Å². The Labute approximate surface area is 186 Å². The lowest BCUT2D eigenvalue weighted by atomic mass is 10.1. The van der Waals surface area contributed by atoms with Gasteiger partial charge in [-0.3, -0.25) is 14.5 Å². The number of amides is 1. The number of allylic oxidation sites excluding steroid dienone is 1. The van der Waals surface area contributed by atoms with Crippen LogP contribution in [0.5, 0.6) is 0 Å². The Bertz CT molecular complexity index is 1090. The van der Waals surface area contributed by atoms with E-state index in [1.165, 1.54) is 7.05 Å². The van der Waals surface area contributed by atoms with Crippen LogP contribution in [0, 0.1) is 5.95 Å². The fourth-order valence-electron chi connectivity index (χ4n) is 4.38. The van der Waals surface area contributed by atoms with Crippen molar-refractivity contribution in [2.75, 3.05) is 38.1 Å². The first kappa shape index (κ1) is 22.1. The van der Waals surface area contributed by atoms with Crippen molar-refractivity contribution in [3.8, 4) is 0 Å². The quantitative estimate of drug-likeness (QED) is 0.692. The van der Waals surface area contributed by atoms with Gasteiger partial charge in [0.2, 0.25) is 5.95 Å². The van der Waals surface area contributed by atoms with Crippen LogP contribution < -0.4 is 15.8 Å². The molecule has 2 aliphatic rings. The number of aromatic amines is 1. The summed E-state index contributed by atoms with van der Waals surface area (Å²) in [6.07, 6.45) is 5.73. The summed E-state index contributed by atoms with van der Waals surface area (Å²) in [6.45, 7) is 6.90. The number of carbonyl (C=O) groups excluding carboxylic acids is 1. The number of H-pyrrole nitrogens is 1. The molecule has 1 saturated heterocycles. The molecule has 4 rings (SSSR count). The lowest BCUT2D eigenvalue weighted by Gasteiger charge is -2.38. The van der Waals surface area contributed by atoms with Gasteiger partial charge in [0.1, 0.15) is 11.5 Å². The van der Waals surface area contributed by atoms with Crippen molar-refractivity contribution in [3.05, 3.63) is 57.8 Å². The summed E-state index contributed by atoms with van der Waals surface area (Å²) in [5, 5.41) is 2.45. The number of halogens is 1. The smallest absolute Gasteiger partial charge is 0.269 e. The molecule has 8 nitrogen and oxygen atoms in total. The zero-order chi connectivity index (χ0) is 22.8. The second-order valence-corrected chi connectivity index (χ2v) is 8.58. The highest BCUT2D eigenvalue weighted by Crippen LogP contribution is 2.30. The average molecular weight is 441 g/mol. The van der Waals surface area contributed by atoms with Crippen LogP contribution in [-0.4, -0.2) is 65.0 Å². The van der Waals surface area contributed by atoms with Gasteiger partial charge in [0.15, 0.2) is 0 Å². The third-order valence-corrected chi connectivity index (χ3v) is 6.27. The van der Waals surface area contributed by atoms with Crippen LogP contribution in [0.2, 0.25) is 0 Å². The zero-order valence-corrected chi connectivity index (χ0v) is 18.7. The molecule has 1 unspecified atom stereocenters. The number of hydrogen-bond acceptors (Lipinski definition) is 6. The first-order chi connectivity index (χ1) is 15.4. The Morgan fingerprint density at radius 3 is 2.62 bits per heavy atom. The van der Waals surface area contributed by atoms with E-state index < -0.39 is 11.9 Å². The minimum absolute atomic E-state index is 0.0685. The Kier molecular flexibility index (Phi) is 6.36. The van der Waals surface area contributed by atoms with E-state index in [1.54, 1.807) is 18.3 Å². The standard InChI is InChI=1S/C23H29FN6O2/c1-14(2)17-13-26-21(28-22(17)31)15-4-5-16(12-15)29-8-10-30(11-9-29)19-7-6-18(23(32)25-3)27-20(19)24/h6-7,12-14,16H,4-5,8-11H2,1-3H3,(H,25,32)(H,26,28,31). The molecule has 1 atom stereocenters. The monoisotopic (exact) mass is 440 g/mol. The molecule has 1 aliphatic carbocycles. The number of anilines is 1. The van der Waals surface area contributed by atoms with Crippen molar-refractivity contribution in [1.29, 1.82) is 0 Å². The molecule has 0 saturated carbocycles. The van der Waals surface area contributed by atoms with Crippen molar-refractivity contribution in [1.82, 2.24) is 25.2 Å². The van der Waals surface area contributed by atoms with E-state index >= 15 is 0 Å². The maximum Gasteiger partial charge on any atom is 0.269 e. The molecule has 2 aromatic rings. The van der Waals surface area contributed by atoms with Crippen LogP contribution in [0.3, 0.4) is 0 Å². The number of nitrogens with one attached hydrogen (secondary N) is 2. The number of carbonyl (C=O) groups is 1. The Hall–Kier alpha value is -3.07. The summed E-state index contributed by atoms with van der Waals surface area (Å²) in [6, 6.07) is 3.45. The number of piperazine rings is 1. The molecule has 2 aromatic heterocycles. The maximum absolute atomic E-state index is 14.5. The lowest BCUT2D eigenvalue weighted by Crippen LogP contribution is -2.49. The fraction of sp³-hybridized carbons (Fsp3) is 0.478. The van der Waals surface area contributed by atoms with E-state index in [9.17, 15) is 14.0 Å². The molecule has 1 fully saturated rings. The molecule has 3 heterocycles. The molecular formula is C23H29FN6O2. The second-order valence-electron chi connectivity index (χ2n) is 8.58. The van der Waals surface area contributed by atoms with Crippen molar-refractivity contribution in [2.45, 2.75) is 38.6 Å². The summed E-state index contributed by atoms with van der Waals surface area (Å²) in [4.78, 5) is 39.5. The number of rotatable bonds is 5. The predicted octanol–water partition coefficient (Wildman–Crippen LogP) is 2.15. The predicted molar refractivity (Wildman–Crippen MR) is 121 cm³/mol. The largest absolute Gasteiger partial charge is 0.365 e. The molecule has 0 spiro atoms. The molecule has 9 heteroatoms. The van der Waals surface area contributed by atoms with Crippen LogP contribution in [-0.2, 0) is 0 Å². The van der Waals surface area contributed by atoms with E-state index in [-0.39, 0.29) is 23.2 Å². The van der Waals surface area contributed by atoms with Gasteiger partial charge in [0, 0.05) is 51.0 Å². The van der Waals surface area contributed by atoms with Crippen LogP contribution >= 0.6 is 0 Å². The molecule has 1 amide bonds. The highest BCUT2D eigenvalue weighted by Gasteiger charge is 2.28. The molecule has 1 aliphatic heterocycles. The second kappa shape index (κ2) is 9.20. The Morgan fingerprint density at radius 2 is 2.00 bits per heavy atom. The Balaban J connectivity index is 1.40. The summed E-state index contributed by atoms with van der Waals surface area (Å²) >= 11 is 0. The van der Waals surface area contributed by atoms with Crippen molar-refractivity contribution >= 4 is 17.2 Å². The topological polar surface area (TPSA) is 94.2 Å². The maximum atomic E-state index is 14.5. The zero-order valence-electron chi connectivity index (χ0n) is 18.7. The lowest BCUT2D eigenvalue weighted by molar-refractivity contribution is 0.0957. The van der Waals surface area contributed by atoms with E-state index in [1.807, 2.05) is 18.7 Å². The van der Waals surface area contributed by atoms with Gasteiger partial charge in [-0.2, -0.15) is 4.39 Å². The van der Waals surface area contributed by atoms with Gasteiger partial charge < -0.3 is 15.2 Å². The summed E-state index contributed by atoms with van der Waals surface area (Å²) in [5.74, 6) is -0.229. The van der Waals surface area contributed by atoms with Crippen LogP contribution in [0.4, 0.5) is 10.1 Å². The Morgan fingerprint density at radius 1 is 1.25 bits per heavy atom. The van der Waals surface area contributed by atoms with Gasteiger partial charge in [0.25, 0.3) is 11.5 Å². The summed E-state index contributed by atoms with van der Waals surface area (Å²) in [7, 11) is 1.49. The molecule has 2 N–H and O–H groups in total. The van der Waals surface area contributed by atoms with Crippen molar-refractivity contribution < 1.29 is 9.18 Å².